The molecular formula is C21H24N4O2. The van der Waals surface area contributed by atoms with Crippen LogP contribution in [0.4, 0.5) is 10.5 Å². The van der Waals surface area contributed by atoms with Gasteiger partial charge in [0.1, 0.15) is 11.6 Å². The number of rotatable bonds is 3. The van der Waals surface area contributed by atoms with Gasteiger partial charge in [-0.15, -0.1) is 0 Å². The average molecular weight is 364 g/mol. The van der Waals surface area contributed by atoms with Gasteiger partial charge in [0.25, 0.3) is 0 Å². The van der Waals surface area contributed by atoms with E-state index >= 15 is 0 Å². The summed E-state index contributed by atoms with van der Waals surface area (Å²) in [5.41, 5.74) is 4.01. The Bertz CT molecular complexity index is 958. The summed E-state index contributed by atoms with van der Waals surface area (Å²) in [5, 5.41) is 2.95. The average Bonchev–Trinajstić information content (AvgIpc) is 3.11. The van der Waals surface area contributed by atoms with Gasteiger partial charge in [-0.3, -0.25) is 0 Å². The van der Waals surface area contributed by atoms with Gasteiger partial charge in [0.2, 0.25) is 0 Å². The number of nitrogens with zero attached hydrogens (tertiary/aromatic N) is 2. The van der Waals surface area contributed by atoms with Crippen molar-refractivity contribution in [2.45, 2.75) is 25.7 Å². The van der Waals surface area contributed by atoms with Crippen molar-refractivity contribution in [2.75, 3.05) is 25.5 Å². The van der Waals surface area contributed by atoms with Gasteiger partial charge in [-0.2, -0.15) is 0 Å². The monoisotopic (exact) mass is 364 g/mol. The molecule has 1 aliphatic heterocycles. The second kappa shape index (κ2) is 7.31. The van der Waals surface area contributed by atoms with Crippen LogP contribution in [0.15, 0.2) is 42.5 Å². The molecule has 0 atom stereocenters. The van der Waals surface area contributed by atoms with E-state index in [-0.39, 0.29) is 6.03 Å². The number of para-hydroxylation sites is 2. The van der Waals surface area contributed by atoms with Crippen molar-refractivity contribution in [3.8, 4) is 5.75 Å². The number of anilines is 1. The number of hydrogen-bond donors (Lipinski definition) is 2. The normalized spacial score (nSPS) is 15.1. The number of carbonyl (C=O) groups excluding carboxylic acids is 1. The number of piperidine rings is 1. The van der Waals surface area contributed by atoms with Gasteiger partial charge in [0.15, 0.2) is 0 Å². The second-order valence-electron chi connectivity index (χ2n) is 7.03. The third-order valence-corrected chi connectivity index (χ3v) is 5.17. The molecule has 27 heavy (non-hydrogen) atoms. The van der Waals surface area contributed by atoms with Gasteiger partial charge in [-0.25, -0.2) is 9.78 Å². The van der Waals surface area contributed by atoms with Crippen molar-refractivity contribution >= 4 is 22.8 Å². The van der Waals surface area contributed by atoms with Crippen LogP contribution in [0.1, 0.15) is 30.1 Å². The number of imidazole rings is 1. The maximum atomic E-state index is 12.6. The van der Waals surface area contributed by atoms with Crippen molar-refractivity contribution in [3.63, 3.8) is 0 Å². The Morgan fingerprint density at radius 1 is 1.22 bits per heavy atom. The number of urea groups is 1. The van der Waals surface area contributed by atoms with Crippen molar-refractivity contribution in [3.05, 3.63) is 53.9 Å². The number of likely N-dealkylation sites (tertiary alicyclic amines) is 1. The number of amides is 2. The van der Waals surface area contributed by atoms with Crippen LogP contribution in [0.3, 0.4) is 0 Å². The molecule has 0 aliphatic carbocycles. The molecule has 0 radical (unpaired) electrons. The highest BCUT2D eigenvalue weighted by Crippen LogP contribution is 2.29. The van der Waals surface area contributed by atoms with Crippen LogP contribution in [0.5, 0.6) is 5.75 Å². The lowest BCUT2D eigenvalue weighted by Gasteiger charge is -2.31. The Morgan fingerprint density at radius 3 is 2.78 bits per heavy atom. The van der Waals surface area contributed by atoms with E-state index in [9.17, 15) is 4.79 Å². The van der Waals surface area contributed by atoms with Crippen LogP contribution in [0, 0.1) is 6.92 Å². The van der Waals surface area contributed by atoms with Crippen LogP contribution >= 0.6 is 0 Å². The van der Waals surface area contributed by atoms with Crippen molar-refractivity contribution in [1.29, 1.82) is 0 Å². The highest BCUT2D eigenvalue weighted by molar-refractivity contribution is 5.91. The molecule has 140 valence electrons. The summed E-state index contributed by atoms with van der Waals surface area (Å²) < 4.78 is 5.30. The van der Waals surface area contributed by atoms with E-state index in [1.165, 1.54) is 5.56 Å². The number of benzene rings is 2. The smallest absolute Gasteiger partial charge is 0.321 e. The highest BCUT2D eigenvalue weighted by atomic mass is 16.5. The number of aromatic amines is 1. The number of H-pyrrole nitrogens is 1. The van der Waals surface area contributed by atoms with Gasteiger partial charge in [0.05, 0.1) is 23.8 Å². The van der Waals surface area contributed by atoms with Crippen LogP contribution in [0.25, 0.3) is 11.0 Å². The first-order valence-corrected chi connectivity index (χ1v) is 9.29. The van der Waals surface area contributed by atoms with Gasteiger partial charge >= 0.3 is 6.03 Å². The number of ether oxygens (including phenoxy) is 1. The van der Waals surface area contributed by atoms with E-state index in [2.05, 4.69) is 35.4 Å². The highest BCUT2D eigenvalue weighted by Gasteiger charge is 2.26. The SMILES string of the molecule is COc1ccccc1NC(=O)N1CCC(c2nc3ccc(C)cc3[nH]2)CC1. The molecule has 0 bridgehead atoms. The predicted octanol–water partition coefficient (Wildman–Crippen LogP) is 4.29. The molecule has 0 spiro atoms. The molecule has 2 amide bonds. The van der Waals surface area contributed by atoms with E-state index in [1.54, 1.807) is 7.11 Å². The number of carbonyl (C=O) groups is 1. The number of fused-ring (bicyclic) bond motifs is 1. The summed E-state index contributed by atoms with van der Waals surface area (Å²) in [5.74, 6) is 2.05. The fraction of sp³-hybridized carbons (Fsp3) is 0.333. The van der Waals surface area contributed by atoms with Gasteiger partial charge in [-0.05, 0) is 49.6 Å². The maximum Gasteiger partial charge on any atom is 0.321 e. The number of aryl methyl sites for hydroxylation is 1. The van der Waals surface area contributed by atoms with Gasteiger partial charge in [-0.1, -0.05) is 18.2 Å². The first-order chi connectivity index (χ1) is 13.1. The summed E-state index contributed by atoms with van der Waals surface area (Å²) in [7, 11) is 1.60. The number of hydrogen-bond acceptors (Lipinski definition) is 3. The van der Waals surface area contributed by atoms with E-state index in [0.717, 1.165) is 29.7 Å². The van der Waals surface area contributed by atoms with Crippen LogP contribution in [0.2, 0.25) is 0 Å². The van der Waals surface area contributed by atoms with Gasteiger partial charge < -0.3 is 19.9 Å². The van der Waals surface area contributed by atoms with Crippen molar-refractivity contribution in [1.82, 2.24) is 14.9 Å². The first-order valence-electron chi connectivity index (χ1n) is 9.29. The zero-order valence-electron chi connectivity index (χ0n) is 15.7. The fourth-order valence-corrected chi connectivity index (χ4v) is 3.63. The van der Waals surface area contributed by atoms with E-state index < -0.39 is 0 Å². The topological polar surface area (TPSA) is 70.2 Å². The third kappa shape index (κ3) is 3.60. The quantitative estimate of drug-likeness (QED) is 0.728. The predicted molar refractivity (Wildman–Crippen MR) is 106 cm³/mol. The Kier molecular flexibility index (Phi) is 4.71. The standard InChI is InChI=1S/C21H24N4O2/c1-14-7-8-16-18(13-14)23-20(22-16)15-9-11-25(12-10-15)21(26)24-17-5-3-4-6-19(17)27-2/h3-8,13,15H,9-12H2,1-2H3,(H,22,23)(H,24,26). The summed E-state index contributed by atoms with van der Waals surface area (Å²) in [6.45, 7) is 3.50. The Balaban J connectivity index is 1.40. The molecule has 4 rings (SSSR count). The molecule has 2 N–H and O–H groups in total. The van der Waals surface area contributed by atoms with Crippen molar-refractivity contribution in [2.24, 2.45) is 0 Å². The Labute approximate surface area is 158 Å². The largest absolute Gasteiger partial charge is 0.495 e. The molecule has 0 unspecified atom stereocenters. The summed E-state index contributed by atoms with van der Waals surface area (Å²) in [4.78, 5) is 22.7. The summed E-state index contributed by atoms with van der Waals surface area (Å²) in [6.07, 6.45) is 1.80. The summed E-state index contributed by atoms with van der Waals surface area (Å²) in [6, 6.07) is 13.6. The first kappa shape index (κ1) is 17.4. The van der Waals surface area contributed by atoms with Crippen LogP contribution in [-0.2, 0) is 0 Å². The molecule has 6 nitrogen and oxygen atoms in total. The number of aromatic nitrogens is 2. The molecule has 2 heterocycles. The third-order valence-electron chi connectivity index (χ3n) is 5.17. The summed E-state index contributed by atoms with van der Waals surface area (Å²) >= 11 is 0. The Morgan fingerprint density at radius 2 is 2.00 bits per heavy atom. The Hall–Kier alpha value is -3.02. The van der Waals surface area contributed by atoms with E-state index in [4.69, 9.17) is 9.72 Å². The molecule has 6 heteroatoms. The lowest BCUT2D eigenvalue weighted by Crippen LogP contribution is -2.40. The zero-order valence-corrected chi connectivity index (χ0v) is 15.7. The lowest BCUT2D eigenvalue weighted by molar-refractivity contribution is 0.193. The minimum atomic E-state index is -0.0850. The zero-order chi connectivity index (χ0) is 18.8. The van der Waals surface area contributed by atoms with E-state index in [0.29, 0.717) is 30.4 Å². The molecule has 2 aromatic carbocycles. The molecule has 1 saturated heterocycles. The molecule has 1 aromatic heterocycles. The fourth-order valence-electron chi connectivity index (χ4n) is 3.63. The lowest BCUT2D eigenvalue weighted by atomic mass is 9.96. The molecule has 3 aromatic rings. The minimum absolute atomic E-state index is 0.0850. The van der Waals surface area contributed by atoms with Crippen LogP contribution in [-0.4, -0.2) is 41.1 Å². The van der Waals surface area contributed by atoms with E-state index in [1.807, 2.05) is 29.2 Å². The van der Waals surface area contributed by atoms with Crippen molar-refractivity contribution < 1.29 is 9.53 Å². The van der Waals surface area contributed by atoms with Gasteiger partial charge in [0, 0.05) is 19.0 Å². The molecule has 1 aliphatic rings. The minimum Gasteiger partial charge on any atom is -0.495 e. The maximum absolute atomic E-state index is 12.6. The molecular weight excluding hydrogens is 340 g/mol. The van der Waals surface area contributed by atoms with Crippen LogP contribution < -0.4 is 10.1 Å². The number of methoxy groups -OCH3 is 1. The number of nitrogens with one attached hydrogen (secondary N) is 2. The second-order valence-corrected chi connectivity index (χ2v) is 7.03. The molecule has 1 fully saturated rings. The molecule has 0 saturated carbocycles.